The van der Waals surface area contributed by atoms with Crippen molar-refractivity contribution in [3.8, 4) is 0 Å². The number of carbonyl (C=O) groups is 2. The average Bonchev–Trinajstić information content (AvgIpc) is 2.45. The summed E-state index contributed by atoms with van der Waals surface area (Å²) in [6.07, 6.45) is 9.88. The van der Waals surface area contributed by atoms with Crippen LogP contribution in [0.5, 0.6) is 0 Å². The molecule has 0 aromatic carbocycles. The molecule has 0 radical (unpaired) electrons. The largest absolute Gasteiger partial charge is 0.462 e. The van der Waals surface area contributed by atoms with Crippen molar-refractivity contribution in [2.75, 3.05) is 13.2 Å². The summed E-state index contributed by atoms with van der Waals surface area (Å²) in [5.74, 6) is -1.10. The lowest BCUT2D eigenvalue weighted by Gasteiger charge is -2.03. The zero-order chi connectivity index (χ0) is 14.8. The van der Waals surface area contributed by atoms with Crippen molar-refractivity contribution in [2.45, 2.75) is 6.92 Å². The molecule has 1 aliphatic carbocycles. The van der Waals surface area contributed by atoms with Gasteiger partial charge in [0, 0.05) is 6.08 Å². The fourth-order valence-electron chi connectivity index (χ4n) is 1.24. The Balaban J connectivity index is 2.72. The lowest BCUT2D eigenvalue weighted by Crippen LogP contribution is -2.17. The van der Waals surface area contributed by atoms with Gasteiger partial charge in [0.15, 0.2) is 11.3 Å². The highest BCUT2D eigenvalue weighted by molar-refractivity contribution is 6.23. The molecule has 20 heavy (non-hydrogen) atoms. The topological polar surface area (TPSA) is 77.0 Å². The number of hydrogen-bond donors (Lipinski definition) is 1. The summed E-state index contributed by atoms with van der Waals surface area (Å²) in [5.41, 5.74) is 3.24. The van der Waals surface area contributed by atoms with Gasteiger partial charge in [-0.1, -0.05) is 12.7 Å². The van der Waals surface area contributed by atoms with Crippen molar-refractivity contribution < 1.29 is 19.1 Å². The highest BCUT2D eigenvalue weighted by Crippen LogP contribution is 2.12. The second kappa shape index (κ2) is 8.39. The number of allylic oxidation sites excluding steroid dienone is 3. The molecule has 6 nitrogen and oxygen atoms in total. The Kier molecular flexibility index (Phi) is 6.44. The second-order valence-electron chi connectivity index (χ2n) is 3.48. The van der Waals surface area contributed by atoms with E-state index in [1.54, 1.807) is 19.1 Å². The zero-order valence-corrected chi connectivity index (χ0v) is 11.1. The van der Waals surface area contributed by atoms with Crippen molar-refractivity contribution >= 4 is 18.2 Å². The van der Waals surface area contributed by atoms with Crippen LogP contribution in [0, 0.1) is 6.08 Å². The summed E-state index contributed by atoms with van der Waals surface area (Å²) in [6, 6.07) is 0. The molecule has 104 valence electrons. The van der Waals surface area contributed by atoms with Crippen molar-refractivity contribution in [1.82, 2.24) is 5.43 Å². The predicted molar refractivity (Wildman–Crippen MR) is 73.4 cm³/mol. The molecule has 0 saturated heterocycles. The van der Waals surface area contributed by atoms with Gasteiger partial charge in [-0.25, -0.2) is 9.59 Å². The molecule has 0 unspecified atom stereocenters. The fraction of sp³-hybridized carbons (Fsp3) is 0.214. The minimum atomic E-state index is -0.571. The minimum absolute atomic E-state index is 0.110. The van der Waals surface area contributed by atoms with Crippen LogP contribution >= 0.6 is 0 Å². The van der Waals surface area contributed by atoms with E-state index in [4.69, 9.17) is 4.74 Å². The Bertz CT molecular complexity index is 501. The number of hydrogen-bond acceptors (Lipinski definition) is 6. The molecule has 0 amide bonds. The summed E-state index contributed by atoms with van der Waals surface area (Å²) < 4.78 is 9.60. The van der Waals surface area contributed by atoms with E-state index in [9.17, 15) is 9.59 Å². The summed E-state index contributed by atoms with van der Waals surface area (Å²) in [5, 5.41) is 3.69. The average molecular weight is 275 g/mol. The maximum Gasteiger partial charge on any atom is 0.399 e. The third kappa shape index (κ3) is 4.88. The first-order valence-corrected chi connectivity index (χ1v) is 5.93. The number of rotatable bonds is 7. The first kappa shape index (κ1) is 15.3. The number of nitrogens with one attached hydrogen (secondary N) is 1. The maximum absolute atomic E-state index is 11.8. The maximum atomic E-state index is 11.8. The van der Waals surface area contributed by atoms with Gasteiger partial charge in [0.05, 0.1) is 12.7 Å². The summed E-state index contributed by atoms with van der Waals surface area (Å²) in [6.45, 7) is 5.53. The van der Waals surface area contributed by atoms with Crippen molar-refractivity contribution in [3.05, 3.63) is 48.2 Å². The molecule has 0 aliphatic heterocycles. The van der Waals surface area contributed by atoms with Crippen LogP contribution in [-0.4, -0.2) is 31.4 Å². The Morgan fingerprint density at radius 2 is 2.30 bits per heavy atom. The van der Waals surface area contributed by atoms with Crippen LogP contribution in [0.3, 0.4) is 0 Å². The van der Waals surface area contributed by atoms with E-state index in [1.807, 2.05) is 0 Å². The number of nitrogens with zero attached hydrogens (tertiary/aromatic N) is 1. The SMILES string of the molecule is C=CCOC(=O)C1=C(NN=CC(=O)OCC)C=C[C+]=C1. The second-order valence-corrected chi connectivity index (χ2v) is 3.48. The number of ether oxygens (including phenoxy) is 2. The van der Waals surface area contributed by atoms with Crippen LogP contribution in [0.2, 0.25) is 0 Å². The van der Waals surface area contributed by atoms with Gasteiger partial charge in [-0.2, -0.15) is 5.10 Å². The van der Waals surface area contributed by atoms with E-state index in [0.29, 0.717) is 5.70 Å². The molecule has 0 aromatic rings. The molecule has 1 aliphatic rings. The zero-order valence-electron chi connectivity index (χ0n) is 11.1. The molecule has 0 saturated carbocycles. The van der Waals surface area contributed by atoms with Gasteiger partial charge in [0.2, 0.25) is 0 Å². The minimum Gasteiger partial charge on any atom is -0.462 e. The van der Waals surface area contributed by atoms with Gasteiger partial charge in [0.25, 0.3) is 0 Å². The predicted octanol–water partition coefficient (Wildman–Crippen LogP) is 1.04. The lowest BCUT2D eigenvalue weighted by molar-refractivity contribution is -0.137. The van der Waals surface area contributed by atoms with Crippen molar-refractivity contribution in [3.63, 3.8) is 0 Å². The monoisotopic (exact) mass is 275 g/mol. The van der Waals surface area contributed by atoms with Gasteiger partial charge in [-0.15, -0.1) is 0 Å². The van der Waals surface area contributed by atoms with Gasteiger partial charge in [0.1, 0.15) is 25.0 Å². The molecule has 1 rings (SSSR count). The van der Waals surface area contributed by atoms with E-state index in [2.05, 4.69) is 27.9 Å². The van der Waals surface area contributed by atoms with Crippen molar-refractivity contribution in [2.24, 2.45) is 5.10 Å². The van der Waals surface area contributed by atoms with Crippen LogP contribution < -0.4 is 5.43 Å². The molecule has 0 aromatic heterocycles. The number of esters is 2. The Morgan fingerprint density at radius 1 is 1.50 bits per heavy atom. The number of hydrazone groups is 1. The van der Waals surface area contributed by atoms with E-state index >= 15 is 0 Å². The third-order valence-electron chi connectivity index (χ3n) is 2.06. The number of carbonyl (C=O) groups excluding carboxylic acids is 2. The van der Waals surface area contributed by atoms with Crippen LogP contribution in [0.4, 0.5) is 0 Å². The van der Waals surface area contributed by atoms with Gasteiger partial charge in [-0.05, 0) is 6.92 Å². The molecule has 0 fully saturated rings. The Morgan fingerprint density at radius 3 is 3.00 bits per heavy atom. The molecule has 0 heterocycles. The Labute approximate surface area is 117 Å². The van der Waals surface area contributed by atoms with Crippen LogP contribution in [0.25, 0.3) is 0 Å². The van der Waals surface area contributed by atoms with Gasteiger partial charge >= 0.3 is 11.9 Å². The molecular formula is C14H15N2O4+. The highest BCUT2D eigenvalue weighted by atomic mass is 16.5. The fourth-order valence-corrected chi connectivity index (χ4v) is 1.24. The summed E-state index contributed by atoms with van der Waals surface area (Å²) in [4.78, 5) is 22.8. The van der Waals surface area contributed by atoms with E-state index in [0.717, 1.165) is 6.21 Å². The lowest BCUT2D eigenvalue weighted by atomic mass is 10.1. The summed E-state index contributed by atoms with van der Waals surface area (Å²) in [7, 11) is 0. The standard InChI is InChI=1S/C14H14N2O4/c1-3-9-20-14(18)11-7-5-6-8-12(11)16-15-10-13(17)19-4-2/h3,6-8,10H,1,4,9H2,2H3/p+1. The smallest absolute Gasteiger partial charge is 0.399 e. The van der Waals surface area contributed by atoms with E-state index < -0.39 is 11.9 Å². The van der Waals surface area contributed by atoms with Gasteiger partial charge in [-0.3, -0.25) is 5.43 Å². The molecule has 0 bridgehead atoms. The highest BCUT2D eigenvalue weighted by Gasteiger charge is 2.23. The molecule has 1 N–H and O–H groups in total. The molecule has 6 heteroatoms. The van der Waals surface area contributed by atoms with Crippen LogP contribution in [0.1, 0.15) is 6.92 Å². The molecule has 0 spiro atoms. The molecular weight excluding hydrogens is 260 g/mol. The normalized spacial score (nSPS) is 13.1. The van der Waals surface area contributed by atoms with Crippen LogP contribution in [-0.2, 0) is 19.1 Å². The van der Waals surface area contributed by atoms with Gasteiger partial charge < -0.3 is 9.47 Å². The van der Waals surface area contributed by atoms with Crippen molar-refractivity contribution in [1.29, 1.82) is 0 Å². The first-order valence-electron chi connectivity index (χ1n) is 5.93. The summed E-state index contributed by atoms with van der Waals surface area (Å²) >= 11 is 0. The van der Waals surface area contributed by atoms with E-state index in [-0.39, 0.29) is 18.8 Å². The Hall–Kier alpha value is -2.72. The first-order chi connectivity index (χ1) is 9.69. The van der Waals surface area contributed by atoms with E-state index in [1.165, 1.54) is 12.2 Å². The molecule has 0 atom stereocenters. The third-order valence-corrected chi connectivity index (χ3v) is 2.06. The quantitative estimate of drug-likeness (QED) is 0.247. The van der Waals surface area contributed by atoms with Crippen LogP contribution in [0.15, 0.2) is 47.3 Å².